The molecule has 0 radical (unpaired) electrons. The number of rotatable bonds is 3. The summed E-state index contributed by atoms with van der Waals surface area (Å²) < 4.78 is 4.50. The fraction of sp³-hybridized carbons (Fsp3) is 0.200. The monoisotopic (exact) mass is 156 g/mol. The van der Waals surface area contributed by atoms with Crippen molar-refractivity contribution in [2.24, 2.45) is 5.84 Å². The molecule has 60 valence electrons. The van der Waals surface area contributed by atoms with E-state index in [0.717, 1.165) is 0 Å². The van der Waals surface area contributed by atoms with Crippen LogP contribution in [0, 0.1) is 0 Å². The minimum atomic E-state index is -0.312. The van der Waals surface area contributed by atoms with E-state index in [0.29, 0.717) is 5.82 Å². The van der Waals surface area contributed by atoms with Crippen LogP contribution in [0.1, 0.15) is 0 Å². The van der Waals surface area contributed by atoms with E-state index in [2.05, 4.69) is 15.0 Å². The van der Waals surface area contributed by atoms with Crippen LogP contribution in [0.15, 0.2) is 16.9 Å². The molecular formula is C5H8N4O2. The van der Waals surface area contributed by atoms with E-state index < -0.39 is 0 Å². The summed E-state index contributed by atoms with van der Waals surface area (Å²) >= 11 is 0. The van der Waals surface area contributed by atoms with E-state index in [1.165, 1.54) is 6.26 Å². The Labute approximate surface area is 62.7 Å². The number of nitrogens with two attached hydrogens (primary N) is 1. The zero-order valence-electron chi connectivity index (χ0n) is 5.70. The molecule has 0 atom stereocenters. The fourth-order valence-corrected chi connectivity index (χ4v) is 0.526. The standard InChI is InChI=1S/C5H8N4O2/c6-8-5(10)3-7-4-1-2-11-9-4/h1-2H,3,6H2,(H,7,9)(H,8,10). The summed E-state index contributed by atoms with van der Waals surface area (Å²) in [6, 6.07) is 1.60. The van der Waals surface area contributed by atoms with Crippen LogP contribution in [-0.4, -0.2) is 17.6 Å². The first-order valence-corrected chi connectivity index (χ1v) is 2.96. The second-order valence-electron chi connectivity index (χ2n) is 1.81. The van der Waals surface area contributed by atoms with Crippen LogP contribution >= 0.6 is 0 Å². The molecule has 0 unspecified atom stereocenters. The summed E-state index contributed by atoms with van der Waals surface area (Å²) in [5.74, 6) is 5.02. The average Bonchev–Trinajstić information content (AvgIpc) is 2.52. The highest BCUT2D eigenvalue weighted by atomic mass is 16.5. The minimum absolute atomic E-state index is 0.0863. The maximum atomic E-state index is 10.5. The highest BCUT2D eigenvalue weighted by Gasteiger charge is 1.98. The summed E-state index contributed by atoms with van der Waals surface area (Å²) in [4.78, 5) is 10.5. The Morgan fingerprint density at radius 2 is 2.64 bits per heavy atom. The first-order valence-electron chi connectivity index (χ1n) is 2.96. The van der Waals surface area contributed by atoms with Crippen molar-refractivity contribution in [3.05, 3.63) is 12.3 Å². The number of hydrazine groups is 1. The molecule has 0 spiro atoms. The van der Waals surface area contributed by atoms with Gasteiger partial charge in [0.1, 0.15) is 6.26 Å². The molecule has 11 heavy (non-hydrogen) atoms. The van der Waals surface area contributed by atoms with Crippen molar-refractivity contribution in [1.29, 1.82) is 0 Å². The van der Waals surface area contributed by atoms with Gasteiger partial charge in [0.15, 0.2) is 5.82 Å². The van der Waals surface area contributed by atoms with Crippen LogP contribution in [0.25, 0.3) is 0 Å². The molecule has 1 heterocycles. The smallest absolute Gasteiger partial charge is 0.253 e. The lowest BCUT2D eigenvalue weighted by Gasteiger charge is -1.98. The second-order valence-corrected chi connectivity index (χ2v) is 1.81. The Bertz CT molecular complexity index is 220. The lowest BCUT2D eigenvalue weighted by molar-refractivity contribution is -0.119. The van der Waals surface area contributed by atoms with Crippen molar-refractivity contribution in [3.63, 3.8) is 0 Å². The molecule has 1 amide bonds. The normalized spacial score (nSPS) is 9.18. The first kappa shape index (κ1) is 7.55. The quantitative estimate of drug-likeness (QED) is 0.299. The van der Waals surface area contributed by atoms with Gasteiger partial charge in [0.2, 0.25) is 0 Å². The number of aromatic nitrogens is 1. The van der Waals surface area contributed by atoms with Crippen molar-refractivity contribution in [1.82, 2.24) is 10.6 Å². The molecule has 0 aliphatic carbocycles. The van der Waals surface area contributed by atoms with Crippen molar-refractivity contribution in [2.45, 2.75) is 0 Å². The van der Waals surface area contributed by atoms with Crippen molar-refractivity contribution >= 4 is 11.7 Å². The van der Waals surface area contributed by atoms with Gasteiger partial charge in [-0.05, 0) is 0 Å². The summed E-state index contributed by atoms with van der Waals surface area (Å²) in [6.07, 6.45) is 1.41. The molecule has 4 N–H and O–H groups in total. The Morgan fingerprint density at radius 3 is 3.18 bits per heavy atom. The van der Waals surface area contributed by atoms with Gasteiger partial charge in [-0.2, -0.15) is 0 Å². The second kappa shape index (κ2) is 3.57. The van der Waals surface area contributed by atoms with Crippen molar-refractivity contribution < 1.29 is 9.32 Å². The van der Waals surface area contributed by atoms with E-state index in [1.54, 1.807) is 6.07 Å². The maximum absolute atomic E-state index is 10.5. The summed E-state index contributed by atoms with van der Waals surface area (Å²) in [5.41, 5.74) is 1.97. The molecule has 0 saturated carbocycles. The van der Waals surface area contributed by atoms with Gasteiger partial charge >= 0.3 is 0 Å². The van der Waals surface area contributed by atoms with Crippen molar-refractivity contribution in [2.75, 3.05) is 11.9 Å². The molecule has 0 aliphatic heterocycles. The summed E-state index contributed by atoms with van der Waals surface area (Å²) in [5, 5.41) is 6.19. The number of hydrogen-bond acceptors (Lipinski definition) is 5. The molecule has 0 saturated heterocycles. The number of hydrogen-bond donors (Lipinski definition) is 3. The number of nitrogens with one attached hydrogen (secondary N) is 2. The Kier molecular flexibility index (Phi) is 2.45. The van der Waals surface area contributed by atoms with Crippen LogP contribution in [-0.2, 0) is 4.79 Å². The summed E-state index contributed by atoms with van der Waals surface area (Å²) in [6.45, 7) is 0.0863. The van der Waals surface area contributed by atoms with Gasteiger partial charge in [-0.15, -0.1) is 0 Å². The Morgan fingerprint density at radius 1 is 1.82 bits per heavy atom. The van der Waals surface area contributed by atoms with Crippen LogP contribution in [0.5, 0.6) is 0 Å². The molecule has 1 aromatic rings. The number of nitrogens with zero attached hydrogens (tertiary/aromatic N) is 1. The van der Waals surface area contributed by atoms with Crippen LogP contribution in [0.3, 0.4) is 0 Å². The van der Waals surface area contributed by atoms with Gasteiger partial charge in [0, 0.05) is 6.07 Å². The first-order chi connectivity index (χ1) is 5.33. The molecule has 0 bridgehead atoms. The van der Waals surface area contributed by atoms with Gasteiger partial charge in [-0.1, -0.05) is 5.16 Å². The van der Waals surface area contributed by atoms with E-state index in [4.69, 9.17) is 5.84 Å². The molecule has 1 aromatic heterocycles. The van der Waals surface area contributed by atoms with Gasteiger partial charge in [0.05, 0.1) is 6.54 Å². The van der Waals surface area contributed by atoms with Gasteiger partial charge in [-0.3, -0.25) is 10.2 Å². The zero-order valence-corrected chi connectivity index (χ0v) is 5.70. The highest BCUT2D eigenvalue weighted by molar-refractivity contribution is 5.79. The van der Waals surface area contributed by atoms with E-state index >= 15 is 0 Å². The third-order valence-electron chi connectivity index (χ3n) is 1.03. The predicted octanol–water partition coefficient (Wildman–Crippen LogP) is -0.924. The van der Waals surface area contributed by atoms with Crippen LogP contribution in [0.2, 0.25) is 0 Å². The number of carbonyl (C=O) groups excluding carboxylic acids is 1. The molecule has 0 fully saturated rings. The fourth-order valence-electron chi connectivity index (χ4n) is 0.526. The SMILES string of the molecule is NNC(=O)CNc1ccon1. The third-order valence-corrected chi connectivity index (χ3v) is 1.03. The van der Waals surface area contributed by atoms with E-state index in [1.807, 2.05) is 5.43 Å². The lowest BCUT2D eigenvalue weighted by atomic mass is 10.5. The molecule has 0 aliphatic rings. The Hall–Kier alpha value is -1.56. The summed E-state index contributed by atoms with van der Waals surface area (Å²) in [7, 11) is 0. The van der Waals surface area contributed by atoms with Gasteiger partial charge < -0.3 is 9.84 Å². The molecule has 6 heteroatoms. The molecule has 0 aromatic carbocycles. The third kappa shape index (κ3) is 2.26. The van der Waals surface area contributed by atoms with Gasteiger partial charge in [0.25, 0.3) is 5.91 Å². The van der Waals surface area contributed by atoms with Gasteiger partial charge in [-0.25, -0.2) is 5.84 Å². The average molecular weight is 156 g/mol. The number of carbonyl (C=O) groups is 1. The lowest BCUT2D eigenvalue weighted by Crippen LogP contribution is -2.35. The zero-order chi connectivity index (χ0) is 8.10. The van der Waals surface area contributed by atoms with E-state index in [-0.39, 0.29) is 12.5 Å². The van der Waals surface area contributed by atoms with Crippen molar-refractivity contribution in [3.8, 4) is 0 Å². The largest absolute Gasteiger partial charge is 0.363 e. The predicted molar refractivity (Wildman–Crippen MR) is 37.3 cm³/mol. The number of amides is 1. The highest BCUT2D eigenvalue weighted by Crippen LogP contribution is 1.98. The molecule has 6 nitrogen and oxygen atoms in total. The maximum Gasteiger partial charge on any atom is 0.253 e. The number of anilines is 1. The van der Waals surface area contributed by atoms with Crippen LogP contribution < -0.4 is 16.6 Å². The minimum Gasteiger partial charge on any atom is -0.363 e. The Balaban J connectivity index is 2.29. The molecule has 1 rings (SSSR count). The molecular weight excluding hydrogens is 148 g/mol. The topological polar surface area (TPSA) is 93.2 Å². The van der Waals surface area contributed by atoms with Crippen LogP contribution in [0.4, 0.5) is 5.82 Å². The van der Waals surface area contributed by atoms with E-state index in [9.17, 15) is 4.79 Å².